The largest absolute Gasteiger partial charge is 0.396 e. The van der Waals surface area contributed by atoms with E-state index in [1.165, 1.54) is 44.5 Å². The Morgan fingerprint density at radius 3 is 1.21 bits per heavy atom. The molecule has 0 saturated carbocycles. The Kier molecular flexibility index (Phi) is 7.42. The lowest BCUT2D eigenvalue weighted by atomic mass is 9.55. The van der Waals surface area contributed by atoms with Crippen molar-refractivity contribution in [2.75, 3.05) is 26.9 Å². The molecule has 3 nitrogen and oxygen atoms in total. The van der Waals surface area contributed by atoms with Gasteiger partial charge in [-0.15, -0.1) is 0 Å². The number of fused-ring (bicyclic) bond motifs is 6. The molecule has 2 aliphatic rings. The average molecular weight is 561 g/mol. The van der Waals surface area contributed by atoms with Crippen LogP contribution in [0.25, 0.3) is 22.3 Å². The van der Waals surface area contributed by atoms with Crippen molar-refractivity contribution >= 4 is 0 Å². The van der Waals surface area contributed by atoms with E-state index in [1.807, 2.05) is 0 Å². The van der Waals surface area contributed by atoms with Gasteiger partial charge in [-0.25, -0.2) is 0 Å². The third kappa shape index (κ3) is 4.37. The summed E-state index contributed by atoms with van der Waals surface area (Å²) in [6.45, 7) is 7.25. The summed E-state index contributed by atoms with van der Waals surface area (Å²) in [5, 5.41) is 21.7. The third-order valence-corrected chi connectivity index (χ3v) is 10.5. The van der Waals surface area contributed by atoms with E-state index in [1.54, 1.807) is 7.11 Å². The minimum atomic E-state index is -0.455. The number of aliphatic hydroxyl groups is 2. The highest BCUT2D eigenvalue weighted by Crippen LogP contribution is 2.64. The zero-order valence-electron chi connectivity index (χ0n) is 25.5. The van der Waals surface area contributed by atoms with Gasteiger partial charge >= 0.3 is 0 Å². The van der Waals surface area contributed by atoms with Crippen molar-refractivity contribution in [3.8, 4) is 22.3 Å². The fraction of sp³-hybridized carbons (Fsp3) is 0.385. The van der Waals surface area contributed by atoms with Gasteiger partial charge in [0.15, 0.2) is 0 Å². The Labute approximate surface area is 251 Å². The monoisotopic (exact) mass is 560 g/mol. The summed E-state index contributed by atoms with van der Waals surface area (Å²) in [5.41, 5.74) is 9.02. The van der Waals surface area contributed by atoms with Crippen LogP contribution in [0, 0.1) is 10.8 Å². The summed E-state index contributed by atoms with van der Waals surface area (Å²) in [6.07, 6.45) is 3.28. The van der Waals surface area contributed by atoms with Gasteiger partial charge in [0, 0.05) is 30.0 Å². The molecule has 0 bridgehead atoms. The van der Waals surface area contributed by atoms with Crippen LogP contribution < -0.4 is 0 Å². The maximum atomic E-state index is 10.9. The predicted molar refractivity (Wildman–Crippen MR) is 172 cm³/mol. The molecule has 0 aliphatic heterocycles. The molecular weight excluding hydrogens is 516 g/mol. The van der Waals surface area contributed by atoms with Gasteiger partial charge in [-0.3, -0.25) is 0 Å². The second-order valence-corrected chi connectivity index (χ2v) is 13.6. The molecule has 4 aromatic rings. The summed E-state index contributed by atoms with van der Waals surface area (Å²) in [4.78, 5) is 0. The van der Waals surface area contributed by atoms with Gasteiger partial charge in [-0.1, -0.05) is 118 Å². The fourth-order valence-electron chi connectivity index (χ4n) is 8.48. The molecule has 0 heterocycles. The summed E-state index contributed by atoms with van der Waals surface area (Å²) >= 11 is 0. The zero-order chi connectivity index (χ0) is 29.6. The Bertz CT molecular complexity index is 1490. The molecule has 0 radical (unpaired) electrons. The molecule has 3 heteroatoms. The lowest BCUT2D eigenvalue weighted by molar-refractivity contribution is 0.0185. The van der Waals surface area contributed by atoms with Crippen LogP contribution in [0.2, 0.25) is 0 Å². The van der Waals surface area contributed by atoms with Crippen molar-refractivity contribution in [2.24, 2.45) is 10.8 Å². The van der Waals surface area contributed by atoms with Crippen LogP contribution in [0.4, 0.5) is 0 Å². The Morgan fingerprint density at radius 2 is 0.905 bits per heavy atom. The Hall–Kier alpha value is -3.24. The topological polar surface area (TPSA) is 49.7 Å². The zero-order valence-corrected chi connectivity index (χ0v) is 25.5. The molecule has 2 aliphatic carbocycles. The molecule has 4 aromatic carbocycles. The van der Waals surface area contributed by atoms with Gasteiger partial charge in [0.05, 0.1) is 13.2 Å². The van der Waals surface area contributed by atoms with E-state index in [4.69, 9.17) is 4.74 Å². The minimum absolute atomic E-state index is 0.0381. The maximum absolute atomic E-state index is 10.9. The Morgan fingerprint density at radius 1 is 0.571 bits per heavy atom. The number of hydrogen-bond acceptors (Lipinski definition) is 3. The van der Waals surface area contributed by atoms with Crippen molar-refractivity contribution in [2.45, 2.75) is 57.3 Å². The Balaban J connectivity index is 1.69. The SMILES string of the molecule is CCC(C)(CO)CC1(CC2(CC(C)(CO)COC)c3ccccc3-c3ccccc32)c2ccccc2-c2ccccc21. The van der Waals surface area contributed by atoms with Crippen LogP contribution >= 0.6 is 0 Å². The summed E-state index contributed by atoms with van der Waals surface area (Å²) in [7, 11) is 1.73. The third-order valence-electron chi connectivity index (χ3n) is 10.5. The summed E-state index contributed by atoms with van der Waals surface area (Å²) in [6, 6.07) is 35.6. The van der Waals surface area contributed by atoms with Gasteiger partial charge < -0.3 is 14.9 Å². The number of benzene rings is 4. The molecule has 0 saturated heterocycles. The van der Waals surface area contributed by atoms with Gasteiger partial charge in [0.2, 0.25) is 0 Å². The van der Waals surface area contributed by atoms with Crippen molar-refractivity contribution in [3.05, 3.63) is 119 Å². The molecule has 6 rings (SSSR count). The molecular formula is C39H44O3. The van der Waals surface area contributed by atoms with Crippen LogP contribution in [0.1, 0.15) is 68.7 Å². The van der Waals surface area contributed by atoms with Gasteiger partial charge in [-0.2, -0.15) is 0 Å². The fourth-order valence-corrected chi connectivity index (χ4v) is 8.48. The van der Waals surface area contributed by atoms with Crippen molar-refractivity contribution in [1.82, 2.24) is 0 Å². The number of rotatable bonds is 11. The molecule has 42 heavy (non-hydrogen) atoms. The molecule has 2 N–H and O–H groups in total. The first kappa shape index (κ1) is 28.9. The van der Waals surface area contributed by atoms with Gasteiger partial charge in [0.1, 0.15) is 0 Å². The predicted octanol–water partition coefficient (Wildman–Crippen LogP) is 8.14. The van der Waals surface area contributed by atoms with Crippen LogP contribution in [-0.4, -0.2) is 37.1 Å². The number of hydrogen-bond donors (Lipinski definition) is 2. The van der Waals surface area contributed by atoms with Crippen molar-refractivity contribution < 1.29 is 14.9 Å². The molecule has 2 unspecified atom stereocenters. The maximum Gasteiger partial charge on any atom is 0.0538 e. The van der Waals surface area contributed by atoms with Gasteiger partial charge in [0.25, 0.3) is 0 Å². The van der Waals surface area contributed by atoms with E-state index in [0.29, 0.717) is 6.61 Å². The van der Waals surface area contributed by atoms with Crippen LogP contribution in [0.15, 0.2) is 97.1 Å². The van der Waals surface area contributed by atoms with Crippen molar-refractivity contribution in [3.63, 3.8) is 0 Å². The molecule has 218 valence electrons. The highest BCUT2D eigenvalue weighted by atomic mass is 16.5. The molecule has 2 atom stereocenters. The summed E-state index contributed by atoms with van der Waals surface area (Å²) in [5.74, 6) is 0. The average Bonchev–Trinajstić information content (AvgIpc) is 3.45. The van der Waals surface area contributed by atoms with Gasteiger partial charge in [-0.05, 0) is 75.6 Å². The number of ether oxygens (including phenoxy) is 1. The standard InChI is InChI=1S/C39H44O3/c1-5-36(2,25-40)22-38(32-18-10-6-14-28(32)29-15-7-11-19-33(29)38)24-39(23-37(3,26-41)27-42-4)34-20-12-8-16-30(34)31-17-9-13-21-35(31)39/h6-21,40-41H,5,22-27H2,1-4H3. The second kappa shape index (κ2) is 10.8. The number of methoxy groups -OCH3 is 1. The normalized spacial score (nSPS) is 18.3. The second-order valence-electron chi connectivity index (χ2n) is 13.6. The first-order valence-electron chi connectivity index (χ1n) is 15.4. The first-order valence-corrected chi connectivity index (χ1v) is 15.4. The van der Waals surface area contributed by atoms with E-state index in [-0.39, 0.29) is 24.0 Å². The van der Waals surface area contributed by atoms with Crippen LogP contribution in [-0.2, 0) is 15.6 Å². The lowest BCUT2D eigenvalue weighted by Crippen LogP contribution is -2.45. The molecule has 0 amide bonds. The van der Waals surface area contributed by atoms with E-state index >= 15 is 0 Å². The summed E-state index contributed by atoms with van der Waals surface area (Å²) < 4.78 is 5.76. The highest BCUT2D eigenvalue weighted by Gasteiger charge is 2.56. The lowest BCUT2D eigenvalue weighted by Gasteiger charge is -2.48. The van der Waals surface area contributed by atoms with E-state index in [0.717, 1.165) is 25.7 Å². The van der Waals surface area contributed by atoms with E-state index in [9.17, 15) is 10.2 Å². The highest BCUT2D eigenvalue weighted by molar-refractivity contribution is 5.84. The first-order chi connectivity index (χ1) is 20.3. The van der Waals surface area contributed by atoms with Crippen molar-refractivity contribution in [1.29, 1.82) is 0 Å². The quantitative estimate of drug-likeness (QED) is 0.195. The number of aliphatic hydroxyl groups excluding tert-OH is 2. The van der Waals surface area contributed by atoms with E-state index in [2.05, 4.69) is 118 Å². The van der Waals surface area contributed by atoms with Crippen LogP contribution in [0.3, 0.4) is 0 Å². The molecule has 0 aromatic heterocycles. The molecule has 0 spiro atoms. The minimum Gasteiger partial charge on any atom is -0.396 e. The van der Waals surface area contributed by atoms with Crippen LogP contribution in [0.5, 0.6) is 0 Å². The molecule has 0 fully saturated rings. The smallest absolute Gasteiger partial charge is 0.0538 e. The van der Waals surface area contributed by atoms with E-state index < -0.39 is 10.8 Å².